The molecule has 2 rings (SSSR count). The van der Waals surface area contributed by atoms with E-state index in [2.05, 4.69) is 11.8 Å². The highest BCUT2D eigenvalue weighted by atomic mass is 16.4. The van der Waals surface area contributed by atoms with Gasteiger partial charge in [0, 0.05) is 19.5 Å². The molecular weight excluding hydrogens is 206 g/mol. The van der Waals surface area contributed by atoms with E-state index in [0.29, 0.717) is 5.92 Å². The third kappa shape index (κ3) is 2.64. The summed E-state index contributed by atoms with van der Waals surface area (Å²) in [5, 5.41) is 8.62. The topological polar surface area (TPSA) is 53.7 Å². The molecule has 0 atom stereocenters. The maximum Gasteiger partial charge on any atom is 0.303 e. The number of carboxylic acids is 1. The number of hydrogen-bond acceptors (Lipinski definition) is 3. The SMILES string of the molecule is CCc1ccc(CN2CC(CC(=O)O)C2)o1. The summed E-state index contributed by atoms with van der Waals surface area (Å²) in [6, 6.07) is 4.01. The van der Waals surface area contributed by atoms with Crippen LogP contribution in [-0.2, 0) is 17.8 Å². The van der Waals surface area contributed by atoms with E-state index in [1.54, 1.807) is 0 Å². The van der Waals surface area contributed by atoms with Gasteiger partial charge in [0.1, 0.15) is 11.5 Å². The van der Waals surface area contributed by atoms with Gasteiger partial charge in [-0.05, 0) is 18.1 Å². The predicted octanol–water partition coefficient (Wildman–Crippen LogP) is 1.75. The van der Waals surface area contributed by atoms with Crippen molar-refractivity contribution in [1.29, 1.82) is 0 Å². The molecular formula is C12H17NO3. The van der Waals surface area contributed by atoms with Crippen LogP contribution in [0, 0.1) is 5.92 Å². The summed E-state index contributed by atoms with van der Waals surface area (Å²) in [5.41, 5.74) is 0. The molecule has 1 saturated heterocycles. The molecule has 0 amide bonds. The number of carbonyl (C=O) groups is 1. The monoisotopic (exact) mass is 223 g/mol. The lowest BCUT2D eigenvalue weighted by Crippen LogP contribution is -2.46. The molecule has 88 valence electrons. The molecule has 1 fully saturated rings. The molecule has 0 aromatic carbocycles. The fourth-order valence-electron chi connectivity index (χ4n) is 2.10. The van der Waals surface area contributed by atoms with Gasteiger partial charge in [0.2, 0.25) is 0 Å². The van der Waals surface area contributed by atoms with Crippen LogP contribution in [0.4, 0.5) is 0 Å². The summed E-state index contributed by atoms with van der Waals surface area (Å²) in [6.07, 6.45) is 1.20. The first-order valence-corrected chi connectivity index (χ1v) is 5.69. The van der Waals surface area contributed by atoms with Crippen LogP contribution in [0.1, 0.15) is 24.9 Å². The zero-order valence-electron chi connectivity index (χ0n) is 9.48. The molecule has 1 aromatic rings. The van der Waals surface area contributed by atoms with Gasteiger partial charge in [-0.2, -0.15) is 0 Å². The molecule has 1 aromatic heterocycles. The number of carboxylic acid groups (broad SMARTS) is 1. The number of aryl methyl sites for hydroxylation is 1. The lowest BCUT2D eigenvalue weighted by atomic mass is 9.96. The number of rotatable bonds is 5. The molecule has 0 bridgehead atoms. The van der Waals surface area contributed by atoms with Gasteiger partial charge in [-0.15, -0.1) is 0 Å². The van der Waals surface area contributed by atoms with E-state index in [0.717, 1.165) is 37.6 Å². The number of likely N-dealkylation sites (tertiary alicyclic amines) is 1. The minimum atomic E-state index is -0.698. The van der Waals surface area contributed by atoms with Gasteiger partial charge in [-0.1, -0.05) is 6.92 Å². The van der Waals surface area contributed by atoms with Crippen molar-refractivity contribution in [3.8, 4) is 0 Å². The van der Waals surface area contributed by atoms with Crippen molar-refractivity contribution in [2.45, 2.75) is 26.3 Å². The lowest BCUT2D eigenvalue weighted by Gasteiger charge is -2.37. The summed E-state index contributed by atoms with van der Waals surface area (Å²) in [5.74, 6) is 1.61. The Morgan fingerprint density at radius 1 is 1.50 bits per heavy atom. The lowest BCUT2D eigenvalue weighted by molar-refractivity contribution is -0.139. The van der Waals surface area contributed by atoms with Crippen LogP contribution in [0.5, 0.6) is 0 Å². The Kier molecular flexibility index (Phi) is 3.29. The third-order valence-corrected chi connectivity index (χ3v) is 2.94. The van der Waals surface area contributed by atoms with Gasteiger partial charge in [0.25, 0.3) is 0 Å². The van der Waals surface area contributed by atoms with Gasteiger partial charge in [-0.3, -0.25) is 9.69 Å². The third-order valence-electron chi connectivity index (χ3n) is 2.94. The Morgan fingerprint density at radius 2 is 2.19 bits per heavy atom. The van der Waals surface area contributed by atoms with Crippen LogP contribution in [0.25, 0.3) is 0 Å². The van der Waals surface area contributed by atoms with Gasteiger partial charge in [0.15, 0.2) is 0 Å². The molecule has 2 heterocycles. The van der Waals surface area contributed by atoms with E-state index in [-0.39, 0.29) is 6.42 Å². The van der Waals surface area contributed by atoms with Crippen molar-refractivity contribution in [2.75, 3.05) is 13.1 Å². The first-order valence-electron chi connectivity index (χ1n) is 5.69. The van der Waals surface area contributed by atoms with Crippen molar-refractivity contribution in [1.82, 2.24) is 4.90 Å². The van der Waals surface area contributed by atoms with Gasteiger partial charge in [-0.25, -0.2) is 0 Å². The first-order chi connectivity index (χ1) is 7.67. The average molecular weight is 223 g/mol. The summed E-state index contributed by atoms with van der Waals surface area (Å²) >= 11 is 0. The van der Waals surface area contributed by atoms with E-state index < -0.39 is 5.97 Å². The van der Waals surface area contributed by atoms with Crippen molar-refractivity contribution < 1.29 is 14.3 Å². The minimum absolute atomic E-state index is 0.287. The van der Waals surface area contributed by atoms with E-state index in [9.17, 15) is 4.79 Å². The molecule has 1 N–H and O–H groups in total. The van der Waals surface area contributed by atoms with Crippen LogP contribution in [0.2, 0.25) is 0 Å². The fourth-order valence-corrected chi connectivity index (χ4v) is 2.10. The quantitative estimate of drug-likeness (QED) is 0.826. The maximum atomic E-state index is 10.5. The van der Waals surface area contributed by atoms with E-state index in [4.69, 9.17) is 9.52 Å². The van der Waals surface area contributed by atoms with Crippen molar-refractivity contribution in [2.24, 2.45) is 5.92 Å². The normalized spacial score (nSPS) is 17.3. The molecule has 4 nitrogen and oxygen atoms in total. The summed E-state index contributed by atoms with van der Waals surface area (Å²) in [7, 11) is 0. The molecule has 1 aliphatic rings. The molecule has 0 spiro atoms. The second kappa shape index (κ2) is 4.70. The highest BCUT2D eigenvalue weighted by Gasteiger charge is 2.28. The van der Waals surface area contributed by atoms with Crippen LogP contribution in [0.3, 0.4) is 0 Å². The Hall–Kier alpha value is -1.29. The Bertz CT molecular complexity index is 366. The van der Waals surface area contributed by atoms with E-state index in [1.807, 2.05) is 12.1 Å². The van der Waals surface area contributed by atoms with Crippen molar-refractivity contribution in [3.63, 3.8) is 0 Å². The van der Waals surface area contributed by atoms with Gasteiger partial charge in [0.05, 0.1) is 13.0 Å². The predicted molar refractivity (Wildman–Crippen MR) is 59.1 cm³/mol. The average Bonchev–Trinajstić information content (AvgIpc) is 2.61. The van der Waals surface area contributed by atoms with Crippen LogP contribution >= 0.6 is 0 Å². The molecule has 16 heavy (non-hydrogen) atoms. The highest BCUT2D eigenvalue weighted by Crippen LogP contribution is 2.22. The highest BCUT2D eigenvalue weighted by molar-refractivity contribution is 5.67. The number of nitrogens with zero attached hydrogens (tertiary/aromatic N) is 1. The Morgan fingerprint density at radius 3 is 2.75 bits per heavy atom. The van der Waals surface area contributed by atoms with Gasteiger partial charge >= 0.3 is 5.97 Å². The number of aliphatic carboxylic acids is 1. The van der Waals surface area contributed by atoms with Crippen molar-refractivity contribution >= 4 is 5.97 Å². The second-order valence-electron chi connectivity index (χ2n) is 4.38. The molecule has 0 aliphatic carbocycles. The summed E-state index contributed by atoms with van der Waals surface area (Å²) in [6.45, 7) is 4.61. The zero-order chi connectivity index (χ0) is 11.5. The molecule has 0 unspecified atom stereocenters. The molecule has 0 saturated carbocycles. The Labute approximate surface area is 94.9 Å². The summed E-state index contributed by atoms with van der Waals surface area (Å²) in [4.78, 5) is 12.7. The second-order valence-corrected chi connectivity index (χ2v) is 4.38. The number of furan rings is 1. The maximum absolute atomic E-state index is 10.5. The minimum Gasteiger partial charge on any atom is -0.481 e. The van der Waals surface area contributed by atoms with Crippen LogP contribution in [0.15, 0.2) is 16.5 Å². The van der Waals surface area contributed by atoms with E-state index in [1.165, 1.54) is 0 Å². The largest absolute Gasteiger partial charge is 0.481 e. The molecule has 4 heteroatoms. The van der Waals surface area contributed by atoms with Gasteiger partial charge < -0.3 is 9.52 Å². The summed E-state index contributed by atoms with van der Waals surface area (Å²) < 4.78 is 5.60. The molecule has 1 aliphatic heterocycles. The van der Waals surface area contributed by atoms with E-state index >= 15 is 0 Å². The fraction of sp³-hybridized carbons (Fsp3) is 0.583. The smallest absolute Gasteiger partial charge is 0.303 e. The van der Waals surface area contributed by atoms with Crippen molar-refractivity contribution in [3.05, 3.63) is 23.7 Å². The first kappa shape index (κ1) is 11.2. The van der Waals surface area contributed by atoms with Crippen LogP contribution in [-0.4, -0.2) is 29.1 Å². The Balaban J connectivity index is 1.74. The molecule has 0 radical (unpaired) electrons. The standard InChI is InChI=1S/C12H17NO3/c1-2-10-3-4-11(16-10)8-13-6-9(7-13)5-12(14)15/h3-4,9H,2,5-8H2,1H3,(H,14,15). The zero-order valence-corrected chi connectivity index (χ0v) is 9.48. The number of hydrogen-bond donors (Lipinski definition) is 1. The van der Waals surface area contributed by atoms with Crippen LogP contribution < -0.4 is 0 Å².